The van der Waals surface area contributed by atoms with Crippen molar-refractivity contribution < 1.29 is 20.1 Å². The van der Waals surface area contributed by atoms with E-state index in [-0.39, 0.29) is 0 Å². The van der Waals surface area contributed by atoms with Gasteiger partial charge in [0.2, 0.25) is 0 Å². The van der Waals surface area contributed by atoms with Gasteiger partial charge in [-0.15, -0.1) is 0 Å². The number of hydrogen-bond donors (Lipinski definition) is 3. The molecule has 0 aliphatic carbocycles. The molecule has 0 aliphatic heterocycles. The molecule has 68 valence electrons. The molecule has 0 bridgehead atoms. The normalized spacial score (nSPS) is 6.18. The molecule has 0 atom stereocenters. The van der Waals surface area contributed by atoms with Crippen LogP contribution in [0.3, 0.4) is 0 Å². The van der Waals surface area contributed by atoms with E-state index in [2.05, 4.69) is 6.58 Å². The van der Waals surface area contributed by atoms with Crippen LogP contribution in [0.15, 0.2) is 12.7 Å². The summed E-state index contributed by atoms with van der Waals surface area (Å²) in [5, 5.41) is 22.5. The lowest BCUT2D eigenvalue weighted by Gasteiger charge is -1.69. The molecule has 0 fully saturated rings. The Balaban J connectivity index is -0.0000000965. The van der Waals surface area contributed by atoms with E-state index in [1.807, 2.05) is 6.92 Å². The van der Waals surface area contributed by atoms with Crippen LogP contribution in [0, 0.1) is 0 Å². The van der Waals surface area contributed by atoms with Crippen molar-refractivity contribution in [2.45, 2.75) is 13.3 Å². The third kappa shape index (κ3) is 102. The second kappa shape index (κ2) is 22.9. The third-order valence-corrected chi connectivity index (χ3v) is 0.398. The van der Waals surface area contributed by atoms with Crippen molar-refractivity contribution in [3.8, 4) is 0 Å². The molecule has 4 heteroatoms. The quantitative estimate of drug-likeness (QED) is 0.511. The third-order valence-electron chi connectivity index (χ3n) is 0.398. The highest BCUT2D eigenvalue weighted by Gasteiger charge is 1.73. The average Bonchev–Trinajstić information content (AvgIpc) is 2.08. The van der Waals surface area contributed by atoms with Gasteiger partial charge >= 0.3 is 5.97 Å². The second-order valence-corrected chi connectivity index (χ2v) is 1.27. The van der Waals surface area contributed by atoms with Crippen LogP contribution in [0.4, 0.5) is 0 Å². The Morgan fingerprint density at radius 2 is 1.73 bits per heavy atom. The Morgan fingerprint density at radius 3 is 1.73 bits per heavy atom. The first-order valence-corrected chi connectivity index (χ1v) is 3.10. The zero-order chi connectivity index (χ0) is 9.70. The Bertz CT molecular complexity index is 78.5. The minimum absolute atomic E-state index is 0.319. The first kappa shape index (κ1) is 16.6. The van der Waals surface area contributed by atoms with Crippen LogP contribution < -0.4 is 0 Å². The van der Waals surface area contributed by atoms with E-state index >= 15 is 0 Å². The molecule has 0 aliphatic rings. The number of carboxylic acids is 1. The van der Waals surface area contributed by atoms with Crippen LogP contribution in [-0.4, -0.2) is 35.0 Å². The fraction of sp³-hybridized carbons (Fsp3) is 0.571. The molecule has 0 aromatic carbocycles. The lowest BCUT2D eigenvalue weighted by atomic mass is 10.5. The number of rotatable bonds is 2. The summed E-state index contributed by atoms with van der Waals surface area (Å²) in [6.07, 6.45) is 1.71. The Morgan fingerprint density at radius 1 is 1.55 bits per heavy atom. The summed E-state index contributed by atoms with van der Waals surface area (Å²) in [7, 11) is 1.00. The molecular formula is C7H16O4. The topological polar surface area (TPSA) is 77.8 Å². The largest absolute Gasteiger partial charge is 0.478 e. The van der Waals surface area contributed by atoms with E-state index < -0.39 is 5.97 Å². The van der Waals surface area contributed by atoms with Gasteiger partial charge in [-0.1, -0.05) is 13.5 Å². The maximum Gasteiger partial charge on any atom is 0.327 e. The molecule has 0 radical (unpaired) electrons. The maximum atomic E-state index is 9.25. The SMILES string of the molecule is C=CC(=O)O.CCCO.CO. The van der Waals surface area contributed by atoms with Crippen LogP contribution in [0.2, 0.25) is 0 Å². The van der Waals surface area contributed by atoms with E-state index in [1.54, 1.807) is 0 Å². The number of carbonyl (C=O) groups is 1. The van der Waals surface area contributed by atoms with E-state index in [4.69, 9.17) is 15.3 Å². The van der Waals surface area contributed by atoms with Gasteiger partial charge in [0.1, 0.15) is 0 Å². The van der Waals surface area contributed by atoms with Gasteiger partial charge in [0.15, 0.2) is 0 Å². The zero-order valence-electron chi connectivity index (χ0n) is 6.95. The van der Waals surface area contributed by atoms with Gasteiger partial charge in [0, 0.05) is 19.8 Å². The van der Waals surface area contributed by atoms with Crippen LogP contribution in [-0.2, 0) is 4.79 Å². The summed E-state index contributed by atoms with van der Waals surface area (Å²) in [4.78, 5) is 9.25. The Labute approximate surface area is 66.8 Å². The van der Waals surface area contributed by atoms with E-state index in [1.165, 1.54) is 0 Å². The fourth-order valence-electron chi connectivity index (χ4n) is 0. The minimum Gasteiger partial charge on any atom is -0.478 e. The Kier molecular flexibility index (Phi) is 34.6. The molecular weight excluding hydrogens is 148 g/mol. The van der Waals surface area contributed by atoms with Gasteiger partial charge in [0.25, 0.3) is 0 Å². The summed E-state index contributed by atoms with van der Waals surface area (Å²) >= 11 is 0. The smallest absolute Gasteiger partial charge is 0.327 e. The van der Waals surface area contributed by atoms with Gasteiger partial charge in [-0.25, -0.2) is 4.79 Å². The molecule has 0 spiro atoms. The molecule has 11 heavy (non-hydrogen) atoms. The molecule has 3 N–H and O–H groups in total. The van der Waals surface area contributed by atoms with Crippen LogP contribution >= 0.6 is 0 Å². The Hall–Kier alpha value is -0.870. The highest BCUT2D eigenvalue weighted by atomic mass is 16.4. The highest BCUT2D eigenvalue weighted by molar-refractivity contribution is 5.78. The van der Waals surface area contributed by atoms with Crippen LogP contribution in [0.25, 0.3) is 0 Å². The van der Waals surface area contributed by atoms with Gasteiger partial charge in [-0.2, -0.15) is 0 Å². The number of carboxylic acid groups (broad SMARTS) is 1. The van der Waals surface area contributed by atoms with Crippen molar-refractivity contribution in [3.63, 3.8) is 0 Å². The van der Waals surface area contributed by atoms with Gasteiger partial charge in [-0.3, -0.25) is 0 Å². The molecule has 0 unspecified atom stereocenters. The summed E-state index contributed by atoms with van der Waals surface area (Å²) in [5.41, 5.74) is 0. The van der Waals surface area contributed by atoms with Crippen molar-refractivity contribution in [3.05, 3.63) is 12.7 Å². The van der Waals surface area contributed by atoms with Gasteiger partial charge in [0.05, 0.1) is 0 Å². The van der Waals surface area contributed by atoms with Crippen molar-refractivity contribution >= 4 is 5.97 Å². The first-order valence-electron chi connectivity index (χ1n) is 3.10. The maximum absolute atomic E-state index is 9.25. The van der Waals surface area contributed by atoms with Gasteiger partial charge in [-0.05, 0) is 6.42 Å². The van der Waals surface area contributed by atoms with Gasteiger partial charge < -0.3 is 15.3 Å². The zero-order valence-corrected chi connectivity index (χ0v) is 6.95. The summed E-state index contributed by atoms with van der Waals surface area (Å²) in [6.45, 7) is 5.21. The summed E-state index contributed by atoms with van der Waals surface area (Å²) in [5.74, 6) is -0.981. The molecule has 0 saturated carbocycles. The highest BCUT2D eigenvalue weighted by Crippen LogP contribution is 1.61. The average molecular weight is 164 g/mol. The second-order valence-electron chi connectivity index (χ2n) is 1.27. The van der Waals surface area contributed by atoms with Crippen LogP contribution in [0.5, 0.6) is 0 Å². The molecule has 0 amide bonds. The van der Waals surface area contributed by atoms with E-state index in [9.17, 15) is 4.79 Å². The lowest BCUT2D eigenvalue weighted by molar-refractivity contribution is -0.131. The number of aliphatic hydroxyl groups is 2. The van der Waals surface area contributed by atoms with E-state index in [0.29, 0.717) is 6.61 Å². The van der Waals surface area contributed by atoms with Crippen LogP contribution in [0.1, 0.15) is 13.3 Å². The van der Waals surface area contributed by atoms with E-state index in [0.717, 1.165) is 19.6 Å². The summed E-state index contributed by atoms with van der Waals surface area (Å²) < 4.78 is 0. The predicted octanol–water partition coefficient (Wildman–Crippen LogP) is 0.254. The molecule has 0 aromatic rings. The standard InChI is InChI=1S/C3H4O2.C3H8O.CH4O/c1-2-3(4)5;1-2-3-4;1-2/h2H,1H2,(H,4,5);4H,2-3H2,1H3;2H,1H3. The molecule has 4 nitrogen and oxygen atoms in total. The number of hydrogen-bond acceptors (Lipinski definition) is 3. The predicted molar refractivity (Wildman–Crippen MR) is 43.4 cm³/mol. The first-order chi connectivity index (χ1) is 5.18. The molecule has 0 rings (SSSR count). The monoisotopic (exact) mass is 164 g/mol. The fourth-order valence-corrected chi connectivity index (χ4v) is 0. The number of aliphatic carboxylic acids is 1. The minimum atomic E-state index is -0.981. The van der Waals surface area contributed by atoms with Crippen molar-refractivity contribution in [1.82, 2.24) is 0 Å². The van der Waals surface area contributed by atoms with Crippen molar-refractivity contribution in [1.29, 1.82) is 0 Å². The lowest BCUT2D eigenvalue weighted by Crippen LogP contribution is -1.82. The van der Waals surface area contributed by atoms with Crippen molar-refractivity contribution in [2.75, 3.05) is 13.7 Å². The molecule has 0 saturated heterocycles. The number of aliphatic hydroxyl groups excluding tert-OH is 2. The summed E-state index contributed by atoms with van der Waals surface area (Å²) in [6, 6.07) is 0. The van der Waals surface area contributed by atoms with Crippen molar-refractivity contribution in [2.24, 2.45) is 0 Å². The molecule has 0 heterocycles. The molecule has 0 aromatic heterocycles.